The van der Waals surface area contributed by atoms with E-state index in [4.69, 9.17) is 5.73 Å². The van der Waals surface area contributed by atoms with Gasteiger partial charge in [0, 0.05) is 12.1 Å². The first-order chi connectivity index (χ1) is 15.2. The first-order valence-corrected chi connectivity index (χ1v) is 11.3. The van der Waals surface area contributed by atoms with Crippen molar-refractivity contribution in [1.82, 2.24) is 10.6 Å². The number of carboxylic acid groups (broad SMARTS) is 1. The van der Waals surface area contributed by atoms with Gasteiger partial charge in [-0.3, -0.25) is 24.0 Å². The average molecular weight is 464 g/mol. The highest BCUT2D eigenvalue weighted by Gasteiger charge is 2.50. The summed E-state index contributed by atoms with van der Waals surface area (Å²) in [5.74, 6) is -2.39. The van der Waals surface area contributed by atoms with Gasteiger partial charge in [0.05, 0.1) is 18.3 Å². The maximum absolute atomic E-state index is 13.1. The Bertz CT molecular complexity index is 852. The van der Waals surface area contributed by atoms with Crippen molar-refractivity contribution >= 4 is 40.4 Å². The van der Waals surface area contributed by atoms with Crippen LogP contribution in [0.25, 0.3) is 0 Å². The highest BCUT2D eigenvalue weighted by atomic mass is 32.2. The van der Waals surface area contributed by atoms with E-state index < -0.39 is 28.3 Å². The van der Waals surface area contributed by atoms with E-state index in [-0.39, 0.29) is 42.9 Å². The minimum absolute atomic E-state index is 0.0262. The zero-order valence-electron chi connectivity index (χ0n) is 18.0. The van der Waals surface area contributed by atoms with Crippen LogP contribution in [0.15, 0.2) is 30.3 Å². The molecule has 0 aromatic heterocycles. The molecule has 0 saturated heterocycles. The summed E-state index contributed by atoms with van der Waals surface area (Å²) in [6, 6.07) is 8.55. The molecule has 5 N–H and O–H groups in total. The standard InChI is InChI=1S/C22H29N3O6S/c1-14(32-20(29)16-5-3-2-4-6-16)19(28)22(21(30)31)9-7-15(8-10-22)12-24-18(27)13-25-17(26)11-23/h2-6,14-15H,7-13,23H2,1H3,(H,24,27)(H,25,26)(H,30,31). The number of carboxylic acids is 1. The third-order valence-electron chi connectivity index (χ3n) is 5.72. The third-order valence-corrected chi connectivity index (χ3v) is 6.74. The molecule has 1 aliphatic carbocycles. The summed E-state index contributed by atoms with van der Waals surface area (Å²) in [7, 11) is 0. The minimum atomic E-state index is -1.53. The Morgan fingerprint density at radius 2 is 1.72 bits per heavy atom. The Morgan fingerprint density at radius 1 is 1.09 bits per heavy atom. The predicted octanol–water partition coefficient (Wildman–Crippen LogP) is 0.970. The molecular weight excluding hydrogens is 434 g/mol. The smallest absolute Gasteiger partial charge is 0.317 e. The molecule has 0 heterocycles. The molecule has 1 atom stereocenters. The quantitative estimate of drug-likeness (QED) is 0.374. The first kappa shape index (κ1) is 25.5. The van der Waals surface area contributed by atoms with E-state index in [1.54, 1.807) is 37.3 Å². The van der Waals surface area contributed by atoms with Crippen molar-refractivity contribution in [1.29, 1.82) is 0 Å². The molecule has 1 aromatic rings. The van der Waals surface area contributed by atoms with Crippen molar-refractivity contribution in [2.24, 2.45) is 17.1 Å². The van der Waals surface area contributed by atoms with Crippen LogP contribution < -0.4 is 16.4 Å². The average Bonchev–Trinajstić information content (AvgIpc) is 2.81. The summed E-state index contributed by atoms with van der Waals surface area (Å²) in [4.78, 5) is 60.5. The second-order valence-corrected chi connectivity index (χ2v) is 9.21. The first-order valence-electron chi connectivity index (χ1n) is 10.5. The van der Waals surface area contributed by atoms with Gasteiger partial charge in [-0.05, 0) is 38.5 Å². The van der Waals surface area contributed by atoms with Crippen LogP contribution in [-0.2, 0) is 19.2 Å². The van der Waals surface area contributed by atoms with Crippen LogP contribution in [-0.4, -0.2) is 58.7 Å². The van der Waals surface area contributed by atoms with E-state index in [9.17, 15) is 29.1 Å². The number of thioether (sulfide) groups is 1. The summed E-state index contributed by atoms with van der Waals surface area (Å²) >= 11 is 0.843. The fourth-order valence-corrected chi connectivity index (χ4v) is 4.68. The fraction of sp³-hybridized carbons (Fsp3) is 0.500. The van der Waals surface area contributed by atoms with E-state index in [2.05, 4.69) is 10.6 Å². The molecule has 0 bridgehead atoms. The highest BCUT2D eigenvalue weighted by Crippen LogP contribution is 2.42. The SMILES string of the molecule is CC(SC(=O)c1ccccc1)C(=O)C1(C(=O)O)CCC(CNC(=O)CNC(=O)CN)CC1. The number of carbonyl (C=O) groups is 5. The topological polar surface area (TPSA) is 156 Å². The van der Waals surface area contributed by atoms with Gasteiger partial charge in [0.1, 0.15) is 5.41 Å². The number of nitrogens with one attached hydrogen (secondary N) is 2. The monoisotopic (exact) mass is 463 g/mol. The van der Waals surface area contributed by atoms with Crippen molar-refractivity contribution < 1.29 is 29.1 Å². The van der Waals surface area contributed by atoms with Crippen LogP contribution >= 0.6 is 11.8 Å². The molecule has 9 nitrogen and oxygen atoms in total. The summed E-state index contributed by atoms with van der Waals surface area (Å²) < 4.78 is 0. The molecule has 1 saturated carbocycles. The minimum Gasteiger partial charge on any atom is -0.480 e. The van der Waals surface area contributed by atoms with Crippen molar-refractivity contribution in [3.05, 3.63) is 35.9 Å². The second-order valence-electron chi connectivity index (χ2n) is 7.89. The fourth-order valence-electron chi connectivity index (χ4n) is 3.76. The number of hydrogen-bond acceptors (Lipinski definition) is 7. The van der Waals surface area contributed by atoms with Gasteiger partial charge in [0.2, 0.25) is 16.9 Å². The number of rotatable bonds is 10. The number of Topliss-reactive ketones (excluding diaryl/α,β-unsaturated/α-hetero) is 1. The van der Waals surface area contributed by atoms with E-state index in [0.717, 1.165) is 11.8 Å². The Balaban J connectivity index is 1.90. The number of benzene rings is 1. The largest absolute Gasteiger partial charge is 0.480 e. The lowest BCUT2D eigenvalue weighted by Gasteiger charge is -2.37. The van der Waals surface area contributed by atoms with E-state index in [1.165, 1.54) is 0 Å². The number of hydrogen-bond donors (Lipinski definition) is 4. The van der Waals surface area contributed by atoms with Crippen LogP contribution in [0, 0.1) is 11.3 Å². The summed E-state index contributed by atoms with van der Waals surface area (Å²) in [5.41, 5.74) is 4.09. The molecule has 32 heavy (non-hydrogen) atoms. The van der Waals surface area contributed by atoms with Crippen LogP contribution in [0.3, 0.4) is 0 Å². The van der Waals surface area contributed by atoms with Crippen molar-refractivity contribution in [2.75, 3.05) is 19.6 Å². The number of ketones is 1. The molecule has 0 aliphatic heterocycles. The van der Waals surface area contributed by atoms with Gasteiger partial charge in [-0.1, -0.05) is 42.1 Å². The molecule has 1 aromatic carbocycles. The zero-order chi connectivity index (χ0) is 23.7. The molecule has 10 heteroatoms. The molecule has 2 amide bonds. The highest BCUT2D eigenvalue weighted by molar-refractivity contribution is 8.15. The number of amides is 2. The summed E-state index contributed by atoms with van der Waals surface area (Å²) in [6.07, 6.45) is 1.21. The van der Waals surface area contributed by atoms with Crippen LogP contribution in [0.2, 0.25) is 0 Å². The van der Waals surface area contributed by atoms with Gasteiger partial charge in [-0.15, -0.1) is 0 Å². The zero-order valence-corrected chi connectivity index (χ0v) is 18.8. The maximum atomic E-state index is 13.1. The molecule has 1 aliphatic rings. The number of nitrogens with two attached hydrogens (primary N) is 1. The number of aliphatic carboxylic acids is 1. The van der Waals surface area contributed by atoms with Gasteiger partial charge < -0.3 is 21.5 Å². The molecule has 0 radical (unpaired) electrons. The molecule has 174 valence electrons. The summed E-state index contributed by atoms with van der Waals surface area (Å²) in [5, 5.41) is 13.9. The van der Waals surface area contributed by atoms with Crippen LogP contribution in [0.1, 0.15) is 43.0 Å². The van der Waals surface area contributed by atoms with E-state index in [0.29, 0.717) is 24.9 Å². The molecule has 1 unspecified atom stereocenters. The summed E-state index contributed by atoms with van der Waals surface area (Å²) in [6.45, 7) is 1.53. The van der Waals surface area contributed by atoms with Gasteiger partial charge in [-0.2, -0.15) is 0 Å². The van der Waals surface area contributed by atoms with Gasteiger partial charge in [0.25, 0.3) is 0 Å². The van der Waals surface area contributed by atoms with Gasteiger partial charge in [-0.25, -0.2) is 0 Å². The second kappa shape index (κ2) is 11.8. The van der Waals surface area contributed by atoms with Crippen LogP contribution in [0.4, 0.5) is 0 Å². The molecular formula is C22H29N3O6S. The maximum Gasteiger partial charge on any atom is 0.317 e. The lowest BCUT2D eigenvalue weighted by Crippen LogP contribution is -2.47. The van der Waals surface area contributed by atoms with Crippen molar-refractivity contribution in [3.8, 4) is 0 Å². The Labute approximate surface area is 190 Å². The van der Waals surface area contributed by atoms with Crippen molar-refractivity contribution in [2.45, 2.75) is 37.9 Å². The van der Waals surface area contributed by atoms with Gasteiger partial charge in [0.15, 0.2) is 5.78 Å². The molecule has 2 rings (SSSR count). The third kappa shape index (κ3) is 6.64. The van der Waals surface area contributed by atoms with Gasteiger partial charge >= 0.3 is 5.97 Å². The Morgan fingerprint density at radius 3 is 2.28 bits per heavy atom. The Hall–Kier alpha value is -2.72. The van der Waals surface area contributed by atoms with E-state index in [1.807, 2.05) is 0 Å². The molecule has 1 fully saturated rings. The molecule has 0 spiro atoms. The normalized spacial score (nSPS) is 21.2. The van der Waals surface area contributed by atoms with Crippen LogP contribution in [0.5, 0.6) is 0 Å². The lowest BCUT2D eigenvalue weighted by atomic mass is 9.67. The Kier molecular flexibility index (Phi) is 9.40. The van der Waals surface area contributed by atoms with E-state index >= 15 is 0 Å². The lowest BCUT2D eigenvalue weighted by molar-refractivity contribution is -0.157. The van der Waals surface area contributed by atoms with Crippen molar-refractivity contribution in [3.63, 3.8) is 0 Å². The predicted molar refractivity (Wildman–Crippen MR) is 120 cm³/mol. The number of carbonyl (C=O) groups excluding carboxylic acids is 4.